The SMILES string of the molecule is CCOC(=O)c1nn(C)c2c1CCc1cnc(S(C)(=O)=O)nc1-2. The van der Waals surface area contributed by atoms with Gasteiger partial charge in [-0.3, -0.25) is 4.68 Å². The van der Waals surface area contributed by atoms with Gasteiger partial charge in [-0.05, 0) is 25.3 Å². The first-order chi connectivity index (χ1) is 10.8. The molecule has 0 amide bonds. The quantitative estimate of drug-likeness (QED) is 0.595. The van der Waals surface area contributed by atoms with Crippen molar-refractivity contribution in [2.75, 3.05) is 12.9 Å². The van der Waals surface area contributed by atoms with Gasteiger partial charge in [-0.1, -0.05) is 0 Å². The van der Waals surface area contributed by atoms with Crippen LogP contribution in [0.2, 0.25) is 0 Å². The van der Waals surface area contributed by atoms with Crippen molar-refractivity contribution < 1.29 is 17.9 Å². The van der Waals surface area contributed by atoms with E-state index in [0.29, 0.717) is 24.2 Å². The number of carbonyl (C=O) groups is 1. The van der Waals surface area contributed by atoms with Gasteiger partial charge in [-0.2, -0.15) is 5.10 Å². The fraction of sp³-hybridized carbons (Fsp3) is 0.429. The first-order valence-electron chi connectivity index (χ1n) is 7.12. The summed E-state index contributed by atoms with van der Waals surface area (Å²) in [5.74, 6) is -0.481. The summed E-state index contributed by atoms with van der Waals surface area (Å²) in [5, 5.41) is 4.00. The molecule has 8 nitrogen and oxygen atoms in total. The van der Waals surface area contributed by atoms with Crippen molar-refractivity contribution in [2.45, 2.75) is 24.9 Å². The molecular weight excluding hydrogens is 320 g/mol. The third-order valence-corrected chi connectivity index (χ3v) is 4.52. The van der Waals surface area contributed by atoms with Crippen LogP contribution >= 0.6 is 0 Å². The first-order valence-corrected chi connectivity index (χ1v) is 9.01. The van der Waals surface area contributed by atoms with Gasteiger partial charge in [0, 0.05) is 25.1 Å². The average molecular weight is 336 g/mol. The maximum absolute atomic E-state index is 12.0. The van der Waals surface area contributed by atoms with Crippen LogP contribution in [0.1, 0.15) is 28.5 Å². The summed E-state index contributed by atoms with van der Waals surface area (Å²) < 4.78 is 30.0. The third-order valence-electron chi connectivity index (χ3n) is 3.66. The number of nitrogens with zero attached hydrogens (tertiary/aromatic N) is 4. The van der Waals surface area contributed by atoms with E-state index < -0.39 is 15.8 Å². The van der Waals surface area contributed by atoms with E-state index in [4.69, 9.17) is 4.74 Å². The molecule has 0 saturated heterocycles. The lowest BCUT2D eigenvalue weighted by molar-refractivity contribution is 0.0517. The zero-order valence-electron chi connectivity index (χ0n) is 13.0. The Labute approximate surface area is 133 Å². The summed E-state index contributed by atoms with van der Waals surface area (Å²) in [4.78, 5) is 20.2. The van der Waals surface area contributed by atoms with Gasteiger partial charge in [0.25, 0.3) is 0 Å². The lowest BCUT2D eigenvalue weighted by Gasteiger charge is -2.16. The molecule has 2 aromatic heterocycles. The number of carbonyl (C=O) groups excluding carboxylic acids is 1. The number of ether oxygens (including phenoxy) is 1. The first kappa shape index (κ1) is 15.6. The van der Waals surface area contributed by atoms with Crippen molar-refractivity contribution in [2.24, 2.45) is 7.05 Å². The predicted molar refractivity (Wildman–Crippen MR) is 80.7 cm³/mol. The van der Waals surface area contributed by atoms with E-state index in [1.807, 2.05) is 0 Å². The number of hydrogen-bond acceptors (Lipinski definition) is 7. The van der Waals surface area contributed by atoms with Crippen LogP contribution in [0.4, 0.5) is 0 Å². The lowest BCUT2D eigenvalue weighted by Crippen LogP contribution is -2.14. The molecule has 0 fully saturated rings. The monoisotopic (exact) mass is 336 g/mol. The number of aryl methyl sites for hydroxylation is 2. The summed E-state index contributed by atoms with van der Waals surface area (Å²) in [5.41, 5.74) is 2.98. The van der Waals surface area contributed by atoms with Gasteiger partial charge in [0.2, 0.25) is 15.0 Å². The van der Waals surface area contributed by atoms with Crippen molar-refractivity contribution >= 4 is 15.8 Å². The van der Waals surface area contributed by atoms with E-state index in [1.165, 1.54) is 6.20 Å². The van der Waals surface area contributed by atoms with Gasteiger partial charge in [0.1, 0.15) is 0 Å². The van der Waals surface area contributed by atoms with Crippen molar-refractivity contribution in [3.8, 4) is 11.4 Å². The van der Waals surface area contributed by atoms with Gasteiger partial charge >= 0.3 is 5.97 Å². The van der Waals surface area contributed by atoms with Crippen LogP contribution in [0.3, 0.4) is 0 Å². The highest BCUT2D eigenvalue weighted by Crippen LogP contribution is 2.33. The zero-order valence-corrected chi connectivity index (χ0v) is 13.8. The normalized spacial score (nSPS) is 13.3. The van der Waals surface area contributed by atoms with Crippen LogP contribution in [-0.4, -0.2) is 47.0 Å². The van der Waals surface area contributed by atoms with Crippen LogP contribution in [0.15, 0.2) is 11.4 Å². The summed E-state index contributed by atoms with van der Waals surface area (Å²) in [6.45, 7) is 2.00. The minimum absolute atomic E-state index is 0.233. The second-order valence-corrected chi connectivity index (χ2v) is 7.23. The molecule has 0 bridgehead atoms. The Bertz CT molecular complexity index is 902. The summed E-state index contributed by atoms with van der Waals surface area (Å²) in [6.07, 6.45) is 3.81. The molecule has 0 unspecified atom stereocenters. The van der Waals surface area contributed by atoms with Gasteiger partial charge in [0.15, 0.2) is 5.69 Å². The number of aromatic nitrogens is 4. The summed E-state index contributed by atoms with van der Waals surface area (Å²) in [7, 11) is -1.82. The highest BCUT2D eigenvalue weighted by Gasteiger charge is 2.30. The van der Waals surface area contributed by atoms with Gasteiger partial charge in [-0.15, -0.1) is 0 Å². The summed E-state index contributed by atoms with van der Waals surface area (Å²) in [6, 6.07) is 0. The molecule has 122 valence electrons. The van der Waals surface area contributed by atoms with Crippen molar-refractivity contribution in [3.63, 3.8) is 0 Å². The van der Waals surface area contributed by atoms with Gasteiger partial charge in [0.05, 0.1) is 18.0 Å². The predicted octanol–water partition coefficient (Wildman–Crippen LogP) is 0.556. The molecule has 1 aliphatic rings. The molecule has 0 atom stereocenters. The molecule has 2 heterocycles. The third kappa shape index (κ3) is 2.61. The number of esters is 1. The molecular formula is C14H16N4O4S. The topological polar surface area (TPSA) is 104 Å². The van der Waals surface area contributed by atoms with Gasteiger partial charge < -0.3 is 4.74 Å². The van der Waals surface area contributed by atoms with Crippen LogP contribution in [-0.2, 0) is 34.5 Å². The fourth-order valence-electron chi connectivity index (χ4n) is 2.68. The smallest absolute Gasteiger partial charge is 0.359 e. The Kier molecular flexibility index (Phi) is 3.67. The Morgan fingerprint density at radius 3 is 2.78 bits per heavy atom. The standard InChI is InChI=1S/C14H16N4O4S/c1-4-22-13(19)11-9-6-5-8-7-15-14(23(3,20)21)16-10(8)12(9)18(2)17-11/h7H,4-6H2,1-3H3. The summed E-state index contributed by atoms with van der Waals surface area (Å²) >= 11 is 0. The molecule has 23 heavy (non-hydrogen) atoms. The van der Waals surface area contributed by atoms with Crippen molar-refractivity contribution in [3.05, 3.63) is 23.0 Å². The molecule has 0 spiro atoms. The Balaban J connectivity index is 2.19. The molecule has 0 aromatic carbocycles. The number of fused-ring (bicyclic) bond motifs is 3. The van der Waals surface area contributed by atoms with E-state index in [0.717, 1.165) is 17.4 Å². The maximum Gasteiger partial charge on any atom is 0.359 e. The van der Waals surface area contributed by atoms with Crippen LogP contribution < -0.4 is 0 Å². The molecule has 9 heteroatoms. The molecule has 0 N–H and O–H groups in total. The van der Waals surface area contributed by atoms with Crippen LogP contribution in [0, 0.1) is 0 Å². The van der Waals surface area contributed by atoms with E-state index in [9.17, 15) is 13.2 Å². The molecule has 2 aromatic rings. The number of rotatable bonds is 3. The Morgan fingerprint density at radius 1 is 1.39 bits per heavy atom. The van der Waals surface area contributed by atoms with E-state index in [1.54, 1.807) is 18.7 Å². The van der Waals surface area contributed by atoms with E-state index >= 15 is 0 Å². The Morgan fingerprint density at radius 2 is 2.13 bits per heavy atom. The maximum atomic E-state index is 12.0. The molecule has 0 saturated carbocycles. The molecule has 1 aliphatic carbocycles. The van der Waals surface area contributed by atoms with Crippen LogP contribution in [0.25, 0.3) is 11.4 Å². The fourth-order valence-corrected chi connectivity index (χ4v) is 3.18. The van der Waals surface area contributed by atoms with Crippen molar-refractivity contribution in [1.29, 1.82) is 0 Å². The molecule has 3 rings (SSSR count). The van der Waals surface area contributed by atoms with E-state index in [2.05, 4.69) is 15.1 Å². The lowest BCUT2D eigenvalue weighted by atomic mass is 9.93. The Hall–Kier alpha value is -2.29. The second-order valence-electron chi connectivity index (χ2n) is 5.32. The number of sulfone groups is 1. The van der Waals surface area contributed by atoms with E-state index in [-0.39, 0.29) is 17.5 Å². The molecule has 0 aliphatic heterocycles. The average Bonchev–Trinajstić information content (AvgIpc) is 2.83. The minimum atomic E-state index is -3.51. The minimum Gasteiger partial charge on any atom is -0.461 e. The van der Waals surface area contributed by atoms with Crippen LogP contribution in [0.5, 0.6) is 0 Å². The molecule has 0 radical (unpaired) electrons. The highest BCUT2D eigenvalue weighted by atomic mass is 32.2. The zero-order chi connectivity index (χ0) is 16.8. The van der Waals surface area contributed by atoms with Gasteiger partial charge in [-0.25, -0.2) is 23.2 Å². The second kappa shape index (κ2) is 5.41. The number of hydrogen-bond donors (Lipinski definition) is 0. The highest BCUT2D eigenvalue weighted by molar-refractivity contribution is 7.90. The largest absolute Gasteiger partial charge is 0.461 e. The van der Waals surface area contributed by atoms with Crippen molar-refractivity contribution in [1.82, 2.24) is 19.7 Å².